The van der Waals surface area contributed by atoms with E-state index in [2.05, 4.69) is 20.8 Å². The number of carbonyl (C=O) groups is 1. The Hall–Kier alpha value is -3.32. The summed E-state index contributed by atoms with van der Waals surface area (Å²) in [6.07, 6.45) is 3.36. The first-order valence-corrected chi connectivity index (χ1v) is 9.39. The second kappa shape index (κ2) is 9.75. The van der Waals surface area contributed by atoms with E-state index in [9.17, 15) is 4.79 Å². The topological polar surface area (TPSA) is 84.8 Å². The largest absolute Gasteiger partial charge is 0.493 e. The fourth-order valence-corrected chi connectivity index (χ4v) is 2.84. The van der Waals surface area contributed by atoms with Crippen molar-refractivity contribution >= 4 is 40.3 Å². The minimum Gasteiger partial charge on any atom is -0.493 e. The molecule has 0 saturated heterocycles. The molecule has 2 aromatic carbocycles. The van der Waals surface area contributed by atoms with E-state index in [1.807, 2.05) is 31.2 Å². The maximum absolute atomic E-state index is 11.6. The van der Waals surface area contributed by atoms with Crippen LogP contribution >= 0.6 is 11.6 Å². The molecule has 0 aliphatic heterocycles. The van der Waals surface area contributed by atoms with Gasteiger partial charge >= 0.3 is 0 Å². The molecule has 29 heavy (non-hydrogen) atoms. The molecule has 0 saturated carbocycles. The Balaban J connectivity index is 1.70. The summed E-state index contributed by atoms with van der Waals surface area (Å²) in [6, 6.07) is 12.7. The molecule has 1 amide bonds. The van der Waals surface area contributed by atoms with Gasteiger partial charge in [0.2, 0.25) is 0 Å². The zero-order valence-corrected chi connectivity index (χ0v) is 16.9. The number of benzene rings is 2. The fourth-order valence-electron chi connectivity index (χ4n) is 2.67. The molecule has 7 nitrogen and oxygen atoms in total. The van der Waals surface area contributed by atoms with Crippen molar-refractivity contribution in [3.05, 3.63) is 59.2 Å². The SMILES string of the molecule is CCNC(=O)COc1ccc(/C=N\Nc2ccnc3cc(Cl)ccc23)cc1OC. The molecule has 1 heterocycles. The van der Waals surface area contributed by atoms with Crippen molar-refractivity contribution in [3.8, 4) is 11.5 Å². The van der Waals surface area contributed by atoms with Crippen LogP contribution in [0, 0.1) is 0 Å². The highest BCUT2D eigenvalue weighted by Gasteiger charge is 2.08. The first kappa shape index (κ1) is 20.4. The van der Waals surface area contributed by atoms with Crippen LogP contribution in [-0.4, -0.2) is 37.4 Å². The third-order valence-corrected chi connectivity index (χ3v) is 4.26. The average Bonchev–Trinajstić information content (AvgIpc) is 2.72. The number of nitrogens with zero attached hydrogens (tertiary/aromatic N) is 2. The van der Waals surface area contributed by atoms with Crippen molar-refractivity contribution in [2.45, 2.75) is 6.92 Å². The van der Waals surface area contributed by atoms with Gasteiger partial charge < -0.3 is 14.8 Å². The standard InChI is InChI=1S/C21H21ClN4O3/c1-3-23-21(27)13-29-19-7-4-14(10-20(19)28-2)12-25-26-17-8-9-24-18-11-15(22)5-6-16(17)18/h4-12H,3,13H2,1-2H3,(H,23,27)(H,24,26)/b25-12-. The summed E-state index contributed by atoms with van der Waals surface area (Å²) in [7, 11) is 1.54. The predicted molar refractivity (Wildman–Crippen MR) is 115 cm³/mol. The zero-order valence-electron chi connectivity index (χ0n) is 16.1. The summed E-state index contributed by atoms with van der Waals surface area (Å²) in [5.74, 6) is 0.818. The molecule has 2 N–H and O–H groups in total. The maximum atomic E-state index is 11.6. The number of rotatable bonds is 8. The number of hydrogen-bond donors (Lipinski definition) is 2. The Morgan fingerprint density at radius 1 is 1.21 bits per heavy atom. The van der Waals surface area contributed by atoms with Gasteiger partial charge in [-0.05, 0) is 55.0 Å². The quantitative estimate of drug-likeness (QED) is 0.433. The van der Waals surface area contributed by atoms with E-state index < -0.39 is 0 Å². The van der Waals surface area contributed by atoms with Gasteiger partial charge in [0.1, 0.15) is 0 Å². The molecule has 0 bridgehead atoms. The Bertz CT molecular complexity index is 1040. The summed E-state index contributed by atoms with van der Waals surface area (Å²) in [5, 5.41) is 8.52. The van der Waals surface area contributed by atoms with Gasteiger partial charge in [-0.3, -0.25) is 15.2 Å². The van der Waals surface area contributed by atoms with Gasteiger partial charge in [-0.25, -0.2) is 0 Å². The van der Waals surface area contributed by atoms with Crippen LogP contribution in [0.2, 0.25) is 5.02 Å². The van der Waals surface area contributed by atoms with E-state index in [4.69, 9.17) is 21.1 Å². The number of carbonyl (C=O) groups excluding carboxylic acids is 1. The van der Waals surface area contributed by atoms with Gasteiger partial charge in [0.05, 0.1) is 24.5 Å². The molecule has 3 aromatic rings. The monoisotopic (exact) mass is 412 g/mol. The van der Waals surface area contributed by atoms with E-state index in [1.165, 1.54) is 0 Å². The van der Waals surface area contributed by atoms with Crippen LogP contribution in [0.1, 0.15) is 12.5 Å². The minimum absolute atomic E-state index is 0.0711. The number of halogens is 1. The van der Waals surface area contributed by atoms with E-state index in [-0.39, 0.29) is 12.5 Å². The second-order valence-corrected chi connectivity index (χ2v) is 6.48. The van der Waals surface area contributed by atoms with E-state index in [0.717, 1.165) is 22.2 Å². The number of ether oxygens (including phenoxy) is 2. The highest BCUT2D eigenvalue weighted by molar-refractivity contribution is 6.31. The van der Waals surface area contributed by atoms with Crippen molar-refractivity contribution in [2.75, 3.05) is 25.7 Å². The zero-order chi connectivity index (χ0) is 20.6. The number of hydrazone groups is 1. The normalized spacial score (nSPS) is 10.9. The molecule has 0 aliphatic rings. The minimum atomic E-state index is -0.185. The van der Waals surface area contributed by atoms with Crippen molar-refractivity contribution in [2.24, 2.45) is 5.10 Å². The highest BCUT2D eigenvalue weighted by Crippen LogP contribution is 2.28. The highest BCUT2D eigenvalue weighted by atomic mass is 35.5. The van der Waals surface area contributed by atoms with Crippen LogP contribution in [0.4, 0.5) is 5.69 Å². The summed E-state index contributed by atoms with van der Waals surface area (Å²) < 4.78 is 10.9. The molecule has 0 radical (unpaired) electrons. The number of likely N-dealkylation sites (N-methyl/N-ethyl adjacent to an activating group) is 1. The Morgan fingerprint density at radius 2 is 2.07 bits per heavy atom. The smallest absolute Gasteiger partial charge is 0.257 e. The molecule has 150 valence electrons. The lowest BCUT2D eigenvalue weighted by atomic mass is 10.2. The lowest BCUT2D eigenvalue weighted by molar-refractivity contribution is -0.123. The van der Waals surface area contributed by atoms with E-state index in [0.29, 0.717) is 23.1 Å². The first-order valence-electron chi connectivity index (χ1n) is 9.01. The maximum Gasteiger partial charge on any atom is 0.257 e. The first-order chi connectivity index (χ1) is 14.1. The Labute approximate surface area is 173 Å². The number of fused-ring (bicyclic) bond motifs is 1. The molecule has 0 fully saturated rings. The van der Waals surface area contributed by atoms with Gasteiger partial charge in [0.15, 0.2) is 18.1 Å². The van der Waals surface area contributed by atoms with E-state index >= 15 is 0 Å². The summed E-state index contributed by atoms with van der Waals surface area (Å²) in [6.45, 7) is 2.34. The van der Waals surface area contributed by atoms with Crippen molar-refractivity contribution in [1.29, 1.82) is 0 Å². The van der Waals surface area contributed by atoms with Crippen LogP contribution < -0.4 is 20.2 Å². The number of aromatic nitrogens is 1. The summed E-state index contributed by atoms with van der Waals surface area (Å²) >= 11 is 6.02. The fraction of sp³-hybridized carbons (Fsp3) is 0.190. The van der Waals surface area contributed by atoms with Crippen LogP contribution in [0.15, 0.2) is 53.8 Å². The van der Waals surface area contributed by atoms with Crippen molar-refractivity contribution in [1.82, 2.24) is 10.3 Å². The Kier molecular flexibility index (Phi) is 6.86. The van der Waals surface area contributed by atoms with Gasteiger partial charge in [0.25, 0.3) is 5.91 Å². The molecule has 8 heteroatoms. The number of pyridine rings is 1. The third kappa shape index (κ3) is 5.36. The predicted octanol–water partition coefficient (Wildman–Crippen LogP) is 3.86. The van der Waals surface area contributed by atoms with Crippen LogP contribution in [-0.2, 0) is 4.79 Å². The number of methoxy groups -OCH3 is 1. The molecule has 0 unspecified atom stereocenters. The molecular formula is C21H21ClN4O3. The van der Waals surface area contributed by atoms with E-state index in [1.54, 1.807) is 37.7 Å². The number of nitrogens with one attached hydrogen (secondary N) is 2. The molecule has 0 spiro atoms. The third-order valence-electron chi connectivity index (χ3n) is 4.02. The summed E-state index contributed by atoms with van der Waals surface area (Å²) in [4.78, 5) is 15.9. The van der Waals surface area contributed by atoms with Crippen LogP contribution in [0.5, 0.6) is 11.5 Å². The molecule has 1 aromatic heterocycles. The van der Waals surface area contributed by atoms with Crippen LogP contribution in [0.25, 0.3) is 10.9 Å². The van der Waals surface area contributed by atoms with Crippen molar-refractivity contribution in [3.63, 3.8) is 0 Å². The molecule has 0 atom stereocenters. The number of hydrogen-bond acceptors (Lipinski definition) is 6. The Morgan fingerprint density at radius 3 is 2.86 bits per heavy atom. The van der Waals surface area contributed by atoms with Gasteiger partial charge in [0, 0.05) is 23.2 Å². The number of amides is 1. The molecule has 0 aliphatic carbocycles. The lowest BCUT2D eigenvalue weighted by Gasteiger charge is -2.11. The average molecular weight is 413 g/mol. The van der Waals surface area contributed by atoms with Gasteiger partial charge in [-0.1, -0.05) is 11.6 Å². The van der Waals surface area contributed by atoms with Crippen LogP contribution in [0.3, 0.4) is 0 Å². The van der Waals surface area contributed by atoms with Gasteiger partial charge in [-0.15, -0.1) is 0 Å². The summed E-state index contributed by atoms with van der Waals surface area (Å²) in [5.41, 5.74) is 5.43. The molecule has 3 rings (SSSR count). The van der Waals surface area contributed by atoms with Gasteiger partial charge in [-0.2, -0.15) is 5.10 Å². The molecular weight excluding hydrogens is 392 g/mol. The second-order valence-electron chi connectivity index (χ2n) is 6.04. The number of anilines is 1. The van der Waals surface area contributed by atoms with Crippen molar-refractivity contribution < 1.29 is 14.3 Å². The lowest BCUT2D eigenvalue weighted by Crippen LogP contribution is -2.28.